The molecular weight excluding hydrogens is 674 g/mol. The van der Waals surface area contributed by atoms with E-state index in [0.29, 0.717) is 23.0 Å². The van der Waals surface area contributed by atoms with Crippen molar-refractivity contribution in [3.63, 3.8) is 0 Å². The lowest BCUT2D eigenvalue weighted by Gasteiger charge is -2.28. The fourth-order valence-electron chi connectivity index (χ4n) is 3.25. The van der Waals surface area contributed by atoms with E-state index in [4.69, 9.17) is 72.1 Å². The van der Waals surface area contributed by atoms with Gasteiger partial charge in [0.2, 0.25) is 0 Å². The third-order valence-electron chi connectivity index (χ3n) is 4.75. The fraction of sp³-hybridized carbons (Fsp3) is 0. The summed E-state index contributed by atoms with van der Waals surface area (Å²) in [6.07, 6.45) is 0. The minimum Gasteiger partial charge on any atom is -0.431 e. The first-order valence-corrected chi connectivity index (χ1v) is 21.5. The molecule has 4 aromatic carbocycles. The molecule has 208 valence electrons. The molecule has 0 aromatic heterocycles. The highest BCUT2D eigenvalue weighted by Crippen LogP contribution is 2.84. The molecule has 40 heavy (non-hydrogen) atoms. The Balaban J connectivity index is 1.79. The predicted molar refractivity (Wildman–Crippen MR) is 169 cm³/mol. The molecule has 0 fully saturated rings. The number of nitrogens with zero attached hydrogens (tertiary/aromatic N) is 4. The van der Waals surface area contributed by atoms with Crippen molar-refractivity contribution in [3.05, 3.63) is 121 Å². The van der Waals surface area contributed by atoms with Gasteiger partial charge in [-0.1, -0.05) is 72.8 Å². The second-order valence-corrected chi connectivity index (χ2v) is 21.2. The largest absolute Gasteiger partial charge is 0.457 e. The van der Waals surface area contributed by atoms with Gasteiger partial charge < -0.3 is 18.1 Å². The van der Waals surface area contributed by atoms with Crippen LogP contribution in [0.5, 0.6) is 23.0 Å². The molecule has 0 aliphatic carbocycles. The lowest BCUT2D eigenvalue weighted by molar-refractivity contribution is 0.476. The number of rotatable bonds is 8. The Morgan fingerprint density at radius 2 is 0.700 bits per heavy atom. The van der Waals surface area contributed by atoms with Gasteiger partial charge in [0.15, 0.2) is 0 Å². The zero-order valence-corrected chi connectivity index (χ0v) is 26.9. The molecule has 16 heteroatoms. The minimum absolute atomic E-state index is 0.372. The van der Waals surface area contributed by atoms with E-state index in [1.54, 1.807) is 97.1 Å². The number of benzene rings is 4. The average molecular weight is 694 g/mol. The molecule has 4 aromatic rings. The van der Waals surface area contributed by atoms with E-state index in [2.05, 4.69) is 9.03 Å². The van der Waals surface area contributed by atoms with Gasteiger partial charge >= 0.3 is 21.2 Å². The average Bonchev–Trinajstić information content (AvgIpc) is 2.89. The molecule has 0 N–H and O–H groups in total. The van der Waals surface area contributed by atoms with Crippen LogP contribution in [0.4, 0.5) is 0 Å². The molecular formula is C24H20Cl4N4O4P4. The van der Waals surface area contributed by atoms with Crippen molar-refractivity contribution in [2.24, 2.45) is 18.1 Å². The second-order valence-electron chi connectivity index (χ2n) is 7.87. The van der Waals surface area contributed by atoms with Gasteiger partial charge in [0.1, 0.15) is 23.0 Å². The first-order valence-electron chi connectivity index (χ1n) is 11.5. The summed E-state index contributed by atoms with van der Waals surface area (Å²) in [6, 6.07) is 35.2. The summed E-state index contributed by atoms with van der Waals surface area (Å²) in [5, 5.41) is 0. The third kappa shape index (κ3) is 8.13. The molecule has 0 saturated heterocycles. The maximum absolute atomic E-state index is 7.03. The van der Waals surface area contributed by atoms with Crippen LogP contribution < -0.4 is 18.1 Å². The predicted octanol–water partition coefficient (Wildman–Crippen LogP) is 13.1. The summed E-state index contributed by atoms with van der Waals surface area (Å²) in [5.74, 6) is -2.15. The molecule has 0 radical (unpaired) electrons. The molecule has 2 unspecified atom stereocenters. The zero-order chi connectivity index (χ0) is 28.1. The molecule has 5 rings (SSSR count). The molecule has 1 aliphatic rings. The summed E-state index contributed by atoms with van der Waals surface area (Å²) >= 11 is 27.4. The first-order chi connectivity index (χ1) is 19.1. The van der Waals surface area contributed by atoms with Gasteiger partial charge in [0.25, 0.3) is 5.91 Å². The molecule has 8 nitrogen and oxygen atoms in total. The molecule has 2 atom stereocenters. The van der Waals surface area contributed by atoms with Gasteiger partial charge in [-0.3, -0.25) is 0 Å². The number of hydrogen-bond donors (Lipinski definition) is 0. The molecule has 0 spiro atoms. The number of halogens is 4. The van der Waals surface area contributed by atoms with Gasteiger partial charge in [-0.05, 0) is 93.5 Å². The quantitative estimate of drug-likeness (QED) is 0.172. The Morgan fingerprint density at radius 1 is 0.375 bits per heavy atom. The van der Waals surface area contributed by atoms with E-state index >= 15 is 0 Å². The fourth-order valence-corrected chi connectivity index (χ4v) is 20.6. The highest BCUT2D eigenvalue weighted by Gasteiger charge is 2.41. The van der Waals surface area contributed by atoms with Crippen LogP contribution in [0.15, 0.2) is 139 Å². The van der Waals surface area contributed by atoms with E-state index in [9.17, 15) is 0 Å². The van der Waals surface area contributed by atoms with Crippen LogP contribution in [0.25, 0.3) is 0 Å². The van der Waals surface area contributed by atoms with Crippen LogP contribution >= 0.6 is 72.1 Å². The Labute approximate surface area is 251 Å². The number of hydrogen-bond acceptors (Lipinski definition) is 8. The maximum atomic E-state index is 7.03. The molecule has 1 heterocycles. The van der Waals surface area contributed by atoms with Crippen LogP contribution in [-0.4, -0.2) is 0 Å². The SMILES string of the molecule is ClP1(Cl)=NP(Cl)(Oc2ccccc2)=NP(Oc2ccccc2)(Oc2ccccc2)=NP(Cl)(Oc2ccccc2)=N1. The van der Waals surface area contributed by atoms with Gasteiger partial charge in [0.05, 0.1) is 0 Å². The van der Waals surface area contributed by atoms with Gasteiger partial charge in [-0.15, -0.1) is 9.03 Å². The zero-order valence-electron chi connectivity index (χ0n) is 20.3. The van der Waals surface area contributed by atoms with E-state index in [1.165, 1.54) is 0 Å². The van der Waals surface area contributed by atoms with Crippen molar-refractivity contribution in [1.82, 2.24) is 0 Å². The van der Waals surface area contributed by atoms with E-state index in [-0.39, 0.29) is 0 Å². The summed E-state index contributed by atoms with van der Waals surface area (Å²) < 4.78 is 43.5. The standard InChI is InChI=1S/C24H20Cl4N4O4P4/c25-37(26)29-38(27,33-21-13-5-1-6-14-21)31-40(35-23-17-9-3-10-18-23,36-24-19-11-4-12-20-24)32-39(28,30-37)34-22-15-7-2-8-16-22/h1-20H. The molecule has 0 bridgehead atoms. The molecule has 1 aliphatic heterocycles. The van der Waals surface area contributed by atoms with Crippen molar-refractivity contribution in [3.8, 4) is 23.0 Å². The van der Waals surface area contributed by atoms with E-state index in [0.717, 1.165) is 0 Å². The summed E-state index contributed by atoms with van der Waals surface area (Å²) in [5.41, 5.74) is 0. The molecule has 0 amide bonds. The Morgan fingerprint density at radius 3 is 1.07 bits per heavy atom. The summed E-state index contributed by atoms with van der Waals surface area (Å²) in [4.78, 5) is 0. The van der Waals surface area contributed by atoms with E-state index < -0.39 is 27.1 Å². The second kappa shape index (κ2) is 12.6. The van der Waals surface area contributed by atoms with Crippen LogP contribution in [0, 0.1) is 0 Å². The number of para-hydroxylation sites is 4. The normalized spacial score (nSPS) is 22.9. The van der Waals surface area contributed by atoms with Gasteiger partial charge in [-0.25, -0.2) is 0 Å². The van der Waals surface area contributed by atoms with Gasteiger partial charge in [0, 0.05) is 0 Å². The molecule has 0 saturated carbocycles. The lowest BCUT2D eigenvalue weighted by Crippen LogP contribution is -2.02. The van der Waals surface area contributed by atoms with Crippen molar-refractivity contribution in [1.29, 1.82) is 0 Å². The highest BCUT2D eigenvalue weighted by atomic mass is 35.9. The first kappa shape index (κ1) is 29.6. The lowest BCUT2D eigenvalue weighted by atomic mass is 10.3. The van der Waals surface area contributed by atoms with Crippen molar-refractivity contribution >= 4 is 72.1 Å². The third-order valence-corrected chi connectivity index (χ3v) is 18.9. The van der Waals surface area contributed by atoms with Crippen molar-refractivity contribution in [2.75, 3.05) is 0 Å². The maximum Gasteiger partial charge on any atom is 0.457 e. The van der Waals surface area contributed by atoms with E-state index in [1.807, 2.05) is 24.3 Å². The van der Waals surface area contributed by atoms with Gasteiger partial charge in [-0.2, -0.15) is 9.03 Å². The van der Waals surface area contributed by atoms with Crippen molar-refractivity contribution < 1.29 is 18.1 Å². The minimum atomic E-state index is -3.93. The monoisotopic (exact) mass is 692 g/mol. The van der Waals surface area contributed by atoms with Crippen molar-refractivity contribution in [2.45, 2.75) is 0 Å². The van der Waals surface area contributed by atoms with Crippen LogP contribution in [0.2, 0.25) is 0 Å². The Hall–Kier alpha value is -1.84. The van der Waals surface area contributed by atoms with Crippen LogP contribution in [0.3, 0.4) is 0 Å². The summed E-state index contributed by atoms with van der Waals surface area (Å²) in [7, 11) is -3.93. The highest BCUT2D eigenvalue weighted by molar-refractivity contribution is 8.15. The van der Waals surface area contributed by atoms with Crippen LogP contribution in [0.1, 0.15) is 0 Å². The Kier molecular flexibility index (Phi) is 9.32. The van der Waals surface area contributed by atoms with Crippen LogP contribution in [-0.2, 0) is 0 Å². The Bertz CT molecular complexity index is 1610. The smallest absolute Gasteiger partial charge is 0.431 e. The topological polar surface area (TPSA) is 86.4 Å². The summed E-state index contributed by atoms with van der Waals surface area (Å²) in [6.45, 7) is -7.58.